The molecule has 4 fully saturated rings. The molecule has 1 heterocycles. The summed E-state index contributed by atoms with van der Waals surface area (Å²) < 4.78 is 0. The number of hydroxylamine groups is 2. The molecule has 12 nitrogen and oxygen atoms in total. The van der Waals surface area contributed by atoms with Crippen molar-refractivity contribution in [1.82, 2.24) is 5.23 Å². The largest absolute Gasteiger partial charge is 0.568 e. The minimum atomic E-state index is -2.77. The zero-order valence-electron chi connectivity index (χ0n) is 14.1. The number of hydrogen-bond donors (Lipinski definition) is 0. The van der Waals surface area contributed by atoms with Crippen LogP contribution < -0.4 is 0 Å². The van der Waals surface area contributed by atoms with Crippen LogP contribution in [0.3, 0.4) is 0 Å². The van der Waals surface area contributed by atoms with Crippen LogP contribution in [-0.4, -0.2) is 43.0 Å². The summed E-state index contributed by atoms with van der Waals surface area (Å²) >= 11 is 0. The Labute approximate surface area is 147 Å². The molecular weight excluding hydrogens is 352 g/mol. The molecular formula is C14H20N4O8. The lowest BCUT2D eigenvalue weighted by molar-refractivity contribution is -0.855. The predicted molar refractivity (Wildman–Crippen MR) is 82.0 cm³/mol. The summed E-state index contributed by atoms with van der Waals surface area (Å²) in [6, 6.07) is 0. The second-order valence-corrected chi connectivity index (χ2v) is 7.81. The molecule has 26 heavy (non-hydrogen) atoms. The Morgan fingerprint density at radius 1 is 0.923 bits per heavy atom. The van der Waals surface area contributed by atoms with Crippen LogP contribution >= 0.6 is 0 Å². The summed E-state index contributed by atoms with van der Waals surface area (Å²) in [6.45, 7) is 0. The molecule has 144 valence electrons. The van der Waals surface area contributed by atoms with Crippen LogP contribution in [0.2, 0.25) is 0 Å². The standard InChI is InChI=1S/C14H20N4O8/c19-15(20)12(5-1-6-12)13(7-2-8-13)26-18-14(16(21)22,17(23)24)9-11(25-18)10-3-4-10/h10-11H,1-9H2. The van der Waals surface area contributed by atoms with E-state index in [0.29, 0.717) is 43.8 Å². The fourth-order valence-electron chi connectivity index (χ4n) is 4.37. The summed E-state index contributed by atoms with van der Waals surface area (Å²) in [5.74, 6) is -2.74. The van der Waals surface area contributed by atoms with E-state index in [-0.39, 0.29) is 10.8 Å². The third-order valence-electron chi connectivity index (χ3n) is 6.53. The van der Waals surface area contributed by atoms with Gasteiger partial charge < -0.3 is 0 Å². The van der Waals surface area contributed by atoms with Gasteiger partial charge in [0.25, 0.3) is 5.54 Å². The summed E-state index contributed by atoms with van der Waals surface area (Å²) in [5, 5.41) is 35.4. The molecule has 0 spiro atoms. The molecule has 3 saturated carbocycles. The van der Waals surface area contributed by atoms with E-state index in [1.165, 1.54) is 0 Å². The summed E-state index contributed by atoms with van der Waals surface area (Å²) in [4.78, 5) is 43.9. The third kappa shape index (κ3) is 2.12. The second kappa shape index (κ2) is 5.54. The fourth-order valence-corrected chi connectivity index (χ4v) is 4.37. The molecule has 4 aliphatic rings. The van der Waals surface area contributed by atoms with Gasteiger partial charge in [-0.05, 0) is 44.4 Å². The van der Waals surface area contributed by atoms with Crippen LogP contribution in [0.25, 0.3) is 0 Å². The number of nitrogens with zero attached hydrogens (tertiary/aromatic N) is 4. The van der Waals surface area contributed by atoms with E-state index < -0.39 is 39.3 Å². The SMILES string of the molecule is O=[N+]([O-])C1([N+](=O)[O-])CC(C2CC2)ON1OC1(C2([N+](=O)[O-])CCC2)CCC1. The highest BCUT2D eigenvalue weighted by Crippen LogP contribution is 2.56. The molecule has 1 atom stereocenters. The number of rotatable bonds is 7. The van der Waals surface area contributed by atoms with Crippen molar-refractivity contribution in [3.63, 3.8) is 0 Å². The quantitative estimate of drug-likeness (QED) is 0.369. The van der Waals surface area contributed by atoms with E-state index >= 15 is 0 Å². The van der Waals surface area contributed by atoms with Gasteiger partial charge in [0.15, 0.2) is 5.60 Å². The molecule has 0 radical (unpaired) electrons. The van der Waals surface area contributed by atoms with Crippen LogP contribution in [-0.2, 0) is 9.68 Å². The van der Waals surface area contributed by atoms with Crippen molar-refractivity contribution in [3.05, 3.63) is 30.3 Å². The van der Waals surface area contributed by atoms with Gasteiger partial charge in [-0.1, -0.05) is 0 Å². The van der Waals surface area contributed by atoms with Crippen molar-refractivity contribution in [2.45, 2.75) is 80.8 Å². The molecule has 4 rings (SSSR count). The van der Waals surface area contributed by atoms with Gasteiger partial charge >= 0.3 is 5.79 Å². The van der Waals surface area contributed by atoms with Gasteiger partial charge in [-0.2, -0.15) is 0 Å². The molecule has 0 N–H and O–H groups in total. The molecule has 0 aromatic carbocycles. The Hall–Kier alpha value is -1.92. The lowest BCUT2D eigenvalue weighted by Crippen LogP contribution is -2.70. The van der Waals surface area contributed by atoms with Crippen molar-refractivity contribution in [3.8, 4) is 0 Å². The predicted octanol–water partition coefficient (Wildman–Crippen LogP) is 1.66. The van der Waals surface area contributed by atoms with Gasteiger partial charge in [0, 0.05) is 17.8 Å². The first-order chi connectivity index (χ1) is 12.3. The summed E-state index contributed by atoms with van der Waals surface area (Å²) in [7, 11) is 0. The highest BCUT2D eigenvalue weighted by atomic mass is 17.0. The van der Waals surface area contributed by atoms with E-state index in [0.717, 1.165) is 12.8 Å². The van der Waals surface area contributed by atoms with Crippen molar-refractivity contribution < 1.29 is 24.4 Å². The molecule has 1 unspecified atom stereocenters. The minimum Gasteiger partial charge on any atom is -0.264 e. The van der Waals surface area contributed by atoms with Crippen LogP contribution in [0.1, 0.15) is 57.8 Å². The van der Waals surface area contributed by atoms with E-state index in [2.05, 4.69) is 0 Å². The maximum Gasteiger partial charge on any atom is 0.568 e. The maximum absolute atomic E-state index is 11.7. The highest BCUT2D eigenvalue weighted by Gasteiger charge is 2.77. The van der Waals surface area contributed by atoms with Gasteiger partial charge in [0.05, 0.1) is 5.23 Å². The molecule has 1 saturated heterocycles. The summed E-state index contributed by atoms with van der Waals surface area (Å²) in [5.41, 5.74) is -2.64. The van der Waals surface area contributed by atoms with Crippen molar-refractivity contribution in [2.75, 3.05) is 0 Å². The third-order valence-corrected chi connectivity index (χ3v) is 6.53. The van der Waals surface area contributed by atoms with Crippen LogP contribution in [0.4, 0.5) is 0 Å². The lowest BCUT2D eigenvalue weighted by atomic mass is 9.57. The Kier molecular flexibility index (Phi) is 3.72. The average molecular weight is 372 g/mol. The molecule has 0 aromatic rings. The molecule has 0 amide bonds. The second-order valence-electron chi connectivity index (χ2n) is 7.81. The number of hydrogen-bond acceptors (Lipinski definition) is 9. The first kappa shape index (κ1) is 17.5. The Balaban J connectivity index is 1.67. The first-order valence-corrected chi connectivity index (χ1v) is 8.87. The van der Waals surface area contributed by atoms with Gasteiger partial charge in [-0.3, -0.25) is 35.2 Å². The summed E-state index contributed by atoms with van der Waals surface area (Å²) in [6.07, 6.45) is 3.03. The fraction of sp³-hybridized carbons (Fsp3) is 1.00. The highest BCUT2D eigenvalue weighted by molar-refractivity contribution is 5.10. The monoisotopic (exact) mass is 372 g/mol. The lowest BCUT2D eigenvalue weighted by Gasteiger charge is -2.53. The van der Waals surface area contributed by atoms with E-state index in [4.69, 9.17) is 9.68 Å². The topological polar surface area (TPSA) is 151 Å². The van der Waals surface area contributed by atoms with Gasteiger partial charge in [-0.25, -0.2) is 4.84 Å². The average Bonchev–Trinajstić information content (AvgIpc) is 3.24. The van der Waals surface area contributed by atoms with Crippen LogP contribution in [0.5, 0.6) is 0 Å². The van der Waals surface area contributed by atoms with E-state index in [9.17, 15) is 30.3 Å². The Morgan fingerprint density at radius 3 is 1.85 bits per heavy atom. The maximum atomic E-state index is 11.7. The van der Waals surface area contributed by atoms with Crippen molar-refractivity contribution in [2.24, 2.45) is 5.92 Å². The molecule has 0 bridgehead atoms. The van der Waals surface area contributed by atoms with Gasteiger partial charge in [0.2, 0.25) is 0 Å². The Bertz CT molecular complexity index is 643. The zero-order valence-corrected chi connectivity index (χ0v) is 14.1. The molecule has 3 aliphatic carbocycles. The molecule has 12 heteroatoms. The van der Waals surface area contributed by atoms with Crippen LogP contribution in [0, 0.1) is 36.3 Å². The van der Waals surface area contributed by atoms with E-state index in [1.807, 2.05) is 0 Å². The van der Waals surface area contributed by atoms with Gasteiger partial charge in [-0.15, -0.1) is 0 Å². The van der Waals surface area contributed by atoms with E-state index in [1.54, 1.807) is 0 Å². The van der Waals surface area contributed by atoms with Crippen LogP contribution in [0.15, 0.2) is 0 Å². The number of nitro groups is 3. The Morgan fingerprint density at radius 2 is 1.50 bits per heavy atom. The molecule has 0 aromatic heterocycles. The smallest absolute Gasteiger partial charge is 0.264 e. The van der Waals surface area contributed by atoms with Crippen molar-refractivity contribution >= 4 is 0 Å². The van der Waals surface area contributed by atoms with Gasteiger partial charge in [0.1, 0.15) is 22.4 Å². The van der Waals surface area contributed by atoms with Crippen molar-refractivity contribution in [1.29, 1.82) is 0 Å². The molecule has 1 aliphatic heterocycles. The zero-order chi connectivity index (χ0) is 18.7. The first-order valence-electron chi connectivity index (χ1n) is 8.87. The minimum absolute atomic E-state index is 0.0217. The normalized spacial score (nSPS) is 31.6.